The Morgan fingerprint density at radius 1 is 1.65 bits per heavy atom. The van der Waals surface area contributed by atoms with Crippen LogP contribution in [0.25, 0.3) is 0 Å². The lowest BCUT2D eigenvalue weighted by atomic mass is 10.2. The standard InChI is InChI=1S/C10H9ClF2INO2/c1-2-17-10(16)8-5(9(12)13)3-6(14)7(4-11)15-8/h3,9H,2,4H2,1H3. The maximum absolute atomic E-state index is 12.8. The highest BCUT2D eigenvalue weighted by Gasteiger charge is 2.23. The predicted molar refractivity (Wildman–Crippen MR) is 67.4 cm³/mol. The van der Waals surface area contributed by atoms with Crippen molar-refractivity contribution in [3.8, 4) is 0 Å². The summed E-state index contributed by atoms with van der Waals surface area (Å²) >= 11 is 7.46. The molecule has 0 amide bonds. The second-order valence-electron chi connectivity index (χ2n) is 3.01. The summed E-state index contributed by atoms with van der Waals surface area (Å²) in [6.45, 7) is 1.69. The summed E-state index contributed by atoms with van der Waals surface area (Å²) in [5.74, 6) is -0.806. The van der Waals surface area contributed by atoms with Crippen LogP contribution in [0, 0.1) is 3.57 Å². The molecular formula is C10H9ClF2INO2. The highest BCUT2D eigenvalue weighted by Crippen LogP contribution is 2.26. The zero-order chi connectivity index (χ0) is 13.0. The smallest absolute Gasteiger partial charge is 0.357 e. The van der Waals surface area contributed by atoms with Crippen LogP contribution in [0.4, 0.5) is 8.78 Å². The molecule has 7 heteroatoms. The molecule has 1 rings (SSSR count). The minimum atomic E-state index is -2.78. The molecule has 0 saturated carbocycles. The van der Waals surface area contributed by atoms with Crippen LogP contribution in [0.2, 0.25) is 0 Å². The first-order valence-corrected chi connectivity index (χ1v) is 6.33. The Labute approximate surface area is 116 Å². The average Bonchev–Trinajstić information content (AvgIpc) is 2.28. The van der Waals surface area contributed by atoms with Crippen LogP contribution in [-0.2, 0) is 10.6 Å². The minimum Gasteiger partial charge on any atom is -0.461 e. The molecule has 0 bridgehead atoms. The first-order valence-electron chi connectivity index (χ1n) is 4.71. The van der Waals surface area contributed by atoms with Gasteiger partial charge in [0.15, 0.2) is 5.69 Å². The van der Waals surface area contributed by atoms with Crippen molar-refractivity contribution in [1.82, 2.24) is 4.98 Å². The van der Waals surface area contributed by atoms with E-state index in [2.05, 4.69) is 9.72 Å². The van der Waals surface area contributed by atoms with Crippen molar-refractivity contribution in [1.29, 1.82) is 0 Å². The quantitative estimate of drug-likeness (QED) is 0.459. The summed E-state index contributed by atoms with van der Waals surface area (Å²) in [4.78, 5) is 15.3. The fourth-order valence-corrected chi connectivity index (χ4v) is 2.24. The lowest BCUT2D eigenvalue weighted by Crippen LogP contribution is -2.13. The number of halogens is 4. The van der Waals surface area contributed by atoms with E-state index in [1.54, 1.807) is 6.92 Å². The number of esters is 1. The Hall–Kier alpha value is -0.500. The fourth-order valence-electron chi connectivity index (χ4n) is 1.16. The van der Waals surface area contributed by atoms with E-state index < -0.39 is 18.0 Å². The number of carbonyl (C=O) groups is 1. The maximum Gasteiger partial charge on any atom is 0.357 e. The molecule has 0 saturated heterocycles. The summed E-state index contributed by atoms with van der Waals surface area (Å²) in [6, 6.07) is 1.21. The van der Waals surface area contributed by atoms with Crippen molar-refractivity contribution >= 4 is 40.2 Å². The predicted octanol–water partition coefficient (Wildman–Crippen LogP) is 3.54. The van der Waals surface area contributed by atoms with Crippen LogP contribution in [0.3, 0.4) is 0 Å². The first-order chi connectivity index (χ1) is 8.01. The van der Waals surface area contributed by atoms with Gasteiger partial charge < -0.3 is 4.74 Å². The van der Waals surface area contributed by atoms with Gasteiger partial charge in [0.25, 0.3) is 6.43 Å². The Morgan fingerprint density at radius 3 is 2.76 bits per heavy atom. The SMILES string of the molecule is CCOC(=O)c1nc(CCl)c(I)cc1C(F)F. The third kappa shape index (κ3) is 3.48. The van der Waals surface area contributed by atoms with Gasteiger partial charge in [-0.25, -0.2) is 18.6 Å². The van der Waals surface area contributed by atoms with Crippen molar-refractivity contribution < 1.29 is 18.3 Å². The third-order valence-electron chi connectivity index (χ3n) is 1.91. The van der Waals surface area contributed by atoms with Gasteiger partial charge in [-0.05, 0) is 35.6 Å². The molecule has 0 aliphatic rings. The molecule has 17 heavy (non-hydrogen) atoms. The summed E-state index contributed by atoms with van der Waals surface area (Å²) in [6.07, 6.45) is -2.78. The van der Waals surface area contributed by atoms with E-state index >= 15 is 0 Å². The zero-order valence-electron chi connectivity index (χ0n) is 8.84. The minimum absolute atomic E-state index is 0.0498. The van der Waals surface area contributed by atoms with E-state index in [4.69, 9.17) is 11.6 Å². The van der Waals surface area contributed by atoms with Gasteiger partial charge in [-0.1, -0.05) is 0 Å². The number of hydrogen-bond donors (Lipinski definition) is 0. The van der Waals surface area contributed by atoms with Crippen molar-refractivity contribution in [3.63, 3.8) is 0 Å². The van der Waals surface area contributed by atoms with E-state index in [-0.39, 0.29) is 18.2 Å². The average molecular weight is 376 g/mol. The molecule has 0 aromatic carbocycles. The van der Waals surface area contributed by atoms with E-state index in [0.29, 0.717) is 9.26 Å². The highest BCUT2D eigenvalue weighted by molar-refractivity contribution is 14.1. The topological polar surface area (TPSA) is 39.2 Å². The number of alkyl halides is 3. The molecule has 0 unspecified atom stereocenters. The van der Waals surface area contributed by atoms with E-state index in [1.807, 2.05) is 22.6 Å². The van der Waals surface area contributed by atoms with Crippen LogP contribution >= 0.6 is 34.2 Å². The Morgan fingerprint density at radius 2 is 2.29 bits per heavy atom. The molecule has 1 heterocycles. The molecule has 1 aromatic rings. The van der Waals surface area contributed by atoms with E-state index in [9.17, 15) is 13.6 Å². The number of pyridine rings is 1. The molecule has 3 nitrogen and oxygen atoms in total. The van der Waals surface area contributed by atoms with Crippen molar-refractivity contribution in [2.45, 2.75) is 19.2 Å². The van der Waals surface area contributed by atoms with E-state index in [1.165, 1.54) is 6.07 Å². The summed E-state index contributed by atoms with van der Waals surface area (Å²) < 4.78 is 30.7. The van der Waals surface area contributed by atoms with Crippen molar-refractivity contribution in [2.24, 2.45) is 0 Å². The molecule has 0 radical (unpaired) electrons. The van der Waals surface area contributed by atoms with Gasteiger partial charge in [-0.3, -0.25) is 0 Å². The molecule has 0 fully saturated rings. The largest absolute Gasteiger partial charge is 0.461 e. The van der Waals surface area contributed by atoms with Crippen LogP contribution in [0.15, 0.2) is 6.07 Å². The third-order valence-corrected chi connectivity index (χ3v) is 3.10. The monoisotopic (exact) mass is 375 g/mol. The second kappa shape index (κ2) is 6.44. The molecule has 0 aliphatic heterocycles. The Balaban J connectivity index is 3.28. The number of hydrogen-bond acceptors (Lipinski definition) is 3. The molecule has 0 spiro atoms. The lowest BCUT2D eigenvalue weighted by molar-refractivity contribution is 0.0507. The first kappa shape index (κ1) is 14.6. The molecule has 1 aromatic heterocycles. The normalized spacial score (nSPS) is 10.7. The van der Waals surface area contributed by atoms with Crippen LogP contribution in [0.5, 0.6) is 0 Å². The molecule has 94 valence electrons. The van der Waals surface area contributed by atoms with Crippen LogP contribution in [-0.4, -0.2) is 17.6 Å². The highest BCUT2D eigenvalue weighted by atomic mass is 127. The van der Waals surface area contributed by atoms with Gasteiger partial charge in [0.05, 0.1) is 23.7 Å². The Bertz CT molecular complexity index is 429. The number of nitrogens with zero attached hydrogens (tertiary/aromatic N) is 1. The molecule has 0 aliphatic carbocycles. The number of aromatic nitrogens is 1. The molecule has 0 atom stereocenters. The van der Waals surface area contributed by atoms with Crippen LogP contribution in [0.1, 0.15) is 35.1 Å². The summed E-state index contributed by atoms with van der Waals surface area (Å²) in [7, 11) is 0. The Kier molecular flexibility index (Phi) is 5.51. The molecular weight excluding hydrogens is 366 g/mol. The zero-order valence-corrected chi connectivity index (χ0v) is 11.8. The summed E-state index contributed by atoms with van der Waals surface area (Å²) in [5, 5.41) is 0. The maximum atomic E-state index is 12.8. The van der Waals surface area contributed by atoms with Gasteiger partial charge in [0, 0.05) is 3.57 Å². The van der Waals surface area contributed by atoms with Crippen LogP contribution < -0.4 is 0 Å². The number of ether oxygens (including phenoxy) is 1. The number of rotatable bonds is 4. The van der Waals surface area contributed by atoms with Gasteiger partial charge in [-0.15, -0.1) is 11.6 Å². The van der Waals surface area contributed by atoms with E-state index in [0.717, 1.165) is 0 Å². The van der Waals surface area contributed by atoms with Crippen molar-refractivity contribution in [3.05, 3.63) is 26.6 Å². The summed E-state index contributed by atoms with van der Waals surface area (Å²) in [5.41, 5.74) is -0.403. The lowest BCUT2D eigenvalue weighted by Gasteiger charge is -2.10. The van der Waals surface area contributed by atoms with Gasteiger partial charge in [0.2, 0.25) is 0 Å². The number of carbonyl (C=O) groups excluding carboxylic acids is 1. The second-order valence-corrected chi connectivity index (χ2v) is 4.44. The van der Waals surface area contributed by atoms with Crippen molar-refractivity contribution in [2.75, 3.05) is 6.61 Å². The van der Waals surface area contributed by atoms with Gasteiger partial charge in [-0.2, -0.15) is 0 Å². The molecule has 0 N–H and O–H groups in total. The fraction of sp³-hybridized carbons (Fsp3) is 0.400. The van der Waals surface area contributed by atoms with Gasteiger partial charge in [0.1, 0.15) is 0 Å². The van der Waals surface area contributed by atoms with Gasteiger partial charge >= 0.3 is 5.97 Å².